The molecule has 0 saturated carbocycles. The van der Waals surface area contributed by atoms with Crippen LogP contribution in [-0.2, 0) is 11.3 Å². The van der Waals surface area contributed by atoms with Gasteiger partial charge in [-0.25, -0.2) is 4.39 Å². The molecule has 0 spiro atoms. The van der Waals surface area contributed by atoms with E-state index in [2.05, 4.69) is 0 Å². The van der Waals surface area contributed by atoms with Crippen LogP contribution in [0.2, 0.25) is 0 Å². The summed E-state index contributed by atoms with van der Waals surface area (Å²) >= 11 is 5.66. The predicted molar refractivity (Wildman–Crippen MR) is 81.3 cm³/mol. The third-order valence-corrected chi connectivity index (χ3v) is 3.26. The standard InChI is InChI=1S/C16H15ClFNO2/c1-21-15-4-2-3-12(9-15)11-19(16(20)10-17)14-7-5-13(18)6-8-14/h2-9H,10-11H2,1H3. The van der Waals surface area contributed by atoms with E-state index >= 15 is 0 Å². The molecule has 110 valence electrons. The van der Waals surface area contributed by atoms with Crippen molar-refractivity contribution in [1.82, 2.24) is 0 Å². The fourth-order valence-corrected chi connectivity index (χ4v) is 2.11. The summed E-state index contributed by atoms with van der Waals surface area (Å²) in [5.74, 6) is -0.0178. The topological polar surface area (TPSA) is 29.5 Å². The molecule has 0 aliphatic rings. The summed E-state index contributed by atoms with van der Waals surface area (Å²) < 4.78 is 18.2. The molecule has 5 heteroatoms. The van der Waals surface area contributed by atoms with Gasteiger partial charge >= 0.3 is 0 Å². The lowest BCUT2D eigenvalue weighted by atomic mass is 10.2. The van der Waals surface area contributed by atoms with Gasteiger partial charge in [-0.1, -0.05) is 12.1 Å². The maximum Gasteiger partial charge on any atom is 0.242 e. The van der Waals surface area contributed by atoms with Crippen LogP contribution in [0.1, 0.15) is 5.56 Å². The highest BCUT2D eigenvalue weighted by molar-refractivity contribution is 6.29. The van der Waals surface area contributed by atoms with Crippen molar-refractivity contribution < 1.29 is 13.9 Å². The van der Waals surface area contributed by atoms with Crippen LogP contribution in [0.25, 0.3) is 0 Å². The summed E-state index contributed by atoms with van der Waals surface area (Å²) in [7, 11) is 1.58. The molecule has 2 aromatic carbocycles. The van der Waals surface area contributed by atoms with Crippen LogP contribution < -0.4 is 9.64 Å². The Balaban J connectivity index is 2.28. The molecule has 2 rings (SSSR count). The fourth-order valence-electron chi connectivity index (χ4n) is 1.97. The van der Waals surface area contributed by atoms with Crippen LogP contribution in [0, 0.1) is 5.82 Å². The predicted octanol–water partition coefficient (Wildman–Crippen LogP) is 3.61. The number of hydrogen-bond donors (Lipinski definition) is 0. The van der Waals surface area contributed by atoms with Crippen LogP contribution in [-0.4, -0.2) is 18.9 Å². The lowest BCUT2D eigenvalue weighted by Gasteiger charge is -2.22. The molecule has 0 fully saturated rings. The van der Waals surface area contributed by atoms with Gasteiger partial charge in [-0.2, -0.15) is 0 Å². The molecule has 0 radical (unpaired) electrons. The van der Waals surface area contributed by atoms with Gasteiger partial charge in [0.05, 0.1) is 13.7 Å². The average Bonchev–Trinajstić information content (AvgIpc) is 2.53. The van der Waals surface area contributed by atoms with E-state index in [-0.39, 0.29) is 17.6 Å². The molecule has 0 atom stereocenters. The molecular formula is C16H15ClFNO2. The highest BCUT2D eigenvalue weighted by Gasteiger charge is 2.15. The number of ether oxygens (including phenoxy) is 1. The second kappa shape index (κ2) is 7.09. The summed E-state index contributed by atoms with van der Waals surface area (Å²) in [5, 5.41) is 0. The Morgan fingerprint density at radius 3 is 2.57 bits per heavy atom. The molecule has 0 N–H and O–H groups in total. The van der Waals surface area contributed by atoms with Crippen LogP contribution >= 0.6 is 11.6 Å². The second-order valence-corrected chi connectivity index (χ2v) is 4.71. The normalized spacial score (nSPS) is 10.2. The number of hydrogen-bond acceptors (Lipinski definition) is 2. The lowest BCUT2D eigenvalue weighted by Crippen LogP contribution is -2.31. The van der Waals surface area contributed by atoms with E-state index in [0.29, 0.717) is 18.0 Å². The minimum atomic E-state index is -0.349. The number of amides is 1. The van der Waals surface area contributed by atoms with Gasteiger partial charge in [0.25, 0.3) is 0 Å². The number of rotatable bonds is 5. The van der Waals surface area contributed by atoms with Gasteiger partial charge in [-0.05, 0) is 42.0 Å². The minimum absolute atomic E-state index is 0.138. The summed E-state index contributed by atoms with van der Waals surface area (Å²) in [6.45, 7) is 0.342. The number of alkyl halides is 1. The van der Waals surface area contributed by atoms with Crippen molar-refractivity contribution in [1.29, 1.82) is 0 Å². The zero-order valence-electron chi connectivity index (χ0n) is 11.6. The lowest BCUT2D eigenvalue weighted by molar-refractivity contribution is -0.116. The number of halogens is 2. The number of benzene rings is 2. The number of carbonyl (C=O) groups excluding carboxylic acids is 1. The van der Waals surface area contributed by atoms with Gasteiger partial charge in [-0.3, -0.25) is 4.79 Å². The van der Waals surface area contributed by atoms with E-state index in [9.17, 15) is 9.18 Å². The number of carbonyl (C=O) groups is 1. The van der Waals surface area contributed by atoms with Gasteiger partial charge in [0.2, 0.25) is 5.91 Å². The largest absolute Gasteiger partial charge is 0.497 e. The first kappa shape index (κ1) is 15.3. The van der Waals surface area contributed by atoms with Crippen LogP contribution in [0.5, 0.6) is 5.75 Å². The van der Waals surface area contributed by atoms with Crippen molar-refractivity contribution in [2.24, 2.45) is 0 Å². The SMILES string of the molecule is COc1cccc(CN(C(=O)CCl)c2ccc(F)cc2)c1. The van der Waals surface area contributed by atoms with Crippen molar-refractivity contribution in [2.45, 2.75) is 6.54 Å². The van der Waals surface area contributed by atoms with Gasteiger partial charge in [-0.15, -0.1) is 11.6 Å². The third-order valence-electron chi connectivity index (χ3n) is 3.03. The molecule has 0 aromatic heterocycles. The zero-order chi connectivity index (χ0) is 15.2. The Bertz CT molecular complexity index is 616. The summed E-state index contributed by atoms with van der Waals surface area (Å²) in [4.78, 5) is 13.5. The Morgan fingerprint density at radius 1 is 1.24 bits per heavy atom. The quantitative estimate of drug-likeness (QED) is 0.790. The summed E-state index contributed by atoms with van der Waals surface area (Å²) in [6, 6.07) is 13.2. The fraction of sp³-hybridized carbons (Fsp3) is 0.188. The van der Waals surface area contributed by atoms with Gasteiger partial charge < -0.3 is 9.64 Å². The van der Waals surface area contributed by atoms with E-state index in [4.69, 9.17) is 16.3 Å². The van der Waals surface area contributed by atoms with Crippen molar-refractivity contribution in [3.05, 3.63) is 59.9 Å². The van der Waals surface area contributed by atoms with Gasteiger partial charge in [0.1, 0.15) is 17.4 Å². The Morgan fingerprint density at radius 2 is 1.95 bits per heavy atom. The smallest absolute Gasteiger partial charge is 0.242 e. The molecule has 0 heterocycles. The number of nitrogens with zero attached hydrogens (tertiary/aromatic N) is 1. The highest BCUT2D eigenvalue weighted by atomic mass is 35.5. The molecule has 21 heavy (non-hydrogen) atoms. The van der Waals surface area contributed by atoms with Crippen molar-refractivity contribution in [2.75, 3.05) is 17.9 Å². The zero-order valence-corrected chi connectivity index (χ0v) is 12.3. The maximum absolute atomic E-state index is 13.0. The van der Waals surface area contributed by atoms with Crippen LogP contribution in [0.4, 0.5) is 10.1 Å². The minimum Gasteiger partial charge on any atom is -0.497 e. The number of anilines is 1. The van der Waals surface area contributed by atoms with E-state index in [0.717, 1.165) is 5.56 Å². The third kappa shape index (κ3) is 3.95. The first-order valence-electron chi connectivity index (χ1n) is 6.39. The molecule has 3 nitrogen and oxygen atoms in total. The molecule has 2 aromatic rings. The van der Waals surface area contributed by atoms with E-state index in [1.54, 1.807) is 19.2 Å². The Kier molecular flexibility index (Phi) is 5.17. The van der Waals surface area contributed by atoms with E-state index in [1.165, 1.54) is 17.0 Å². The second-order valence-electron chi connectivity index (χ2n) is 4.44. The van der Waals surface area contributed by atoms with E-state index < -0.39 is 0 Å². The van der Waals surface area contributed by atoms with Crippen molar-refractivity contribution in [3.8, 4) is 5.75 Å². The molecule has 1 amide bonds. The monoisotopic (exact) mass is 307 g/mol. The average molecular weight is 308 g/mol. The summed E-state index contributed by atoms with van der Waals surface area (Å²) in [5.41, 5.74) is 1.50. The Labute approximate surface area is 127 Å². The molecular weight excluding hydrogens is 293 g/mol. The summed E-state index contributed by atoms with van der Waals surface area (Å²) in [6.07, 6.45) is 0. The van der Waals surface area contributed by atoms with Gasteiger partial charge in [0.15, 0.2) is 0 Å². The molecule has 0 bridgehead atoms. The first-order chi connectivity index (χ1) is 10.1. The highest BCUT2D eigenvalue weighted by Crippen LogP contribution is 2.20. The molecule has 0 saturated heterocycles. The van der Waals surface area contributed by atoms with Gasteiger partial charge in [0, 0.05) is 5.69 Å². The molecule has 0 aliphatic carbocycles. The Hall–Kier alpha value is -2.07. The van der Waals surface area contributed by atoms with Crippen molar-refractivity contribution >= 4 is 23.2 Å². The number of methoxy groups -OCH3 is 1. The van der Waals surface area contributed by atoms with Crippen LogP contribution in [0.3, 0.4) is 0 Å². The maximum atomic E-state index is 13.0. The van der Waals surface area contributed by atoms with Crippen LogP contribution in [0.15, 0.2) is 48.5 Å². The van der Waals surface area contributed by atoms with Crippen molar-refractivity contribution in [3.63, 3.8) is 0 Å². The molecule has 0 unspecified atom stereocenters. The molecule has 0 aliphatic heterocycles. The van der Waals surface area contributed by atoms with E-state index in [1.807, 2.05) is 24.3 Å². The first-order valence-corrected chi connectivity index (χ1v) is 6.92.